The number of ether oxygens (including phenoxy) is 2. The Morgan fingerprint density at radius 1 is 1.14 bits per heavy atom. The molecular formula is C21H32N2O5S. The summed E-state index contributed by atoms with van der Waals surface area (Å²) >= 11 is 0. The van der Waals surface area contributed by atoms with Gasteiger partial charge in [0, 0.05) is 12.6 Å². The summed E-state index contributed by atoms with van der Waals surface area (Å²) < 4.78 is 37.8. The fourth-order valence-electron chi connectivity index (χ4n) is 4.38. The van der Waals surface area contributed by atoms with E-state index in [9.17, 15) is 13.2 Å². The fraction of sp³-hybridized carbons (Fsp3) is 0.667. The third kappa shape index (κ3) is 5.71. The van der Waals surface area contributed by atoms with Crippen molar-refractivity contribution in [3.05, 3.63) is 35.9 Å². The van der Waals surface area contributed by atoms with E-state index in [0.717, 1.165) is 25.7 Å². The zero-order valence-corrected chi connectivity index (χ0v) is 18.1. The van der Waals surface area contributed by atoms with Crippen LogP contribution < -0.4 is 4.72 Å². The largest absolute Gasteiger partial charge is 0.453 e. The number of hydrogen-bond donors (Lipinski definition) is 1. The monoisotopic (exact) mass is 424 g/mol. The molecule has 1 N–H and O–H groups in total. The van der Waals surface area contributed by atoms with Gasteiger partial charge in [0.15, 0.2) is 0 Å². The maximum absolute atomic E-state index is 12.1. The molecule has 1 aromatic rings. The Labute approximate surface area is 173 Å². The number of carbonyl (C=O) groups excluding carboxylic acids is 1. The number of amides is 1. The average molecular weight is 425 g/mol. The van der Waals surface area contributed by atoms with Crippen LogP contribution in [0.4, 0.5) is 4.79 Å². The lowest BCUT2D eigenvalue weighted by atomic mass is 9.83. The van der Waals surface area contributed by atoms with Crippen LogP contribution in [0.25, 0.3) is 0 Å². The predicted octanol–water partition coefficient (Wildman–Crippen LogP) is 2.88. The number of methoxy groups -OCH3 is 1. The third-order valence-corrected chi connectivity index (χ3v) is 7.54. The van der Waals surface area contributed by atoms with Crippen LogP contribution in [-0.4, -0.2) is 63.6 Å². The number of hydrogen-bond acceptors (Lipinski definition) is 5. The van der Waals surface area contributed by atoms with Gasteiger partial charge in [0.1, 0.15) is 0 Å². The Hall–Kier alpha value is -1.64. The molecule has 0 bridgehead atoms. The van der Waals surface area contributed by atoms with Crippen LogP contribution in [0.2, 0.25) is 0 Å². The van der Waals surface area contributed by atoms with Gasteiger partial charge in [-0.15, -0.1) is 0 Å². The zero-order chi connectivity index (χ0) is 20.9. The molecule has 2 aliphatic rings. The second kappa shape index (κ2) is 9.91. The molecule has 0 unspecified atom stereocenters. The van der Waals surface area contributed by atoms with Gasteiger partial charge >= 0.3 is 6.09 Å². The van der Waals surface area contributed by atoms with Crippen molar-refractivity contribution in [2.45, 2.75) is 63.1 Å². The lowest BCUT2D eigenvalue weighted by Gasteiger charge is -2.32. The van der Waals surface area contributed by atoms with Crippen LogP contribution >= 0.6 is 0 Å². The highest BCUT2D eigenvalue weighted by Gasteiger charge is 2.40. The van der Waals surface area contributed by atoms with Crippen LogP contribution in [0.3, 0.4) is 0 Å². The van der Waals surface area contributed by atoms with Crippen molar-refractivity contribution in [2.24, 2.45) is 0 Å². The number of rotatable bonds is 7. The quantitative estimate of drug-likeness (QED) is 0.728. The van der Waals surface area contributed by atoms with Crippen molar-refractivity contribution in [1.82, 2.24) is 9.62 Å². The lowest BCUT2D eigenvalue weighted by Crippen LogP contribution is -2.50. The minimum absolute atomic E-state index is 0.0127. The van der Waals surface area contributed by atoms with Gasteiger partial charge in [0.05, 0.1) is 31.6 Å². The van der Waals surface area contributed by atoms with E-state index >= 15 is 0 Å². The van der Waals surface area contributed by atoms with E-state index in [4.69, 9.17) is 9.47 Å². The van der Waals surface area contributed by atoms with E-state index in [1.165, 1.54) is 12.7 Å². The Kier molecular flexibility index (Phi) is 7.54. The first-order chi connectivity index (χ1) is 13.9. The van der Waals surface area contributed by atoms with Crippen molar-refractivity contribution in [2.75, 3.05) is 26.0 Å². The van der Waals surface area contributed by atoms with E-state index in [2.05, 4.69) is 29.0 Å². The van der Waals surface area contributed by atoms with Gasteiger partial charge in [-0.25, -0.2) is 17.9 Å². The molecule has 1 saturated heterocycles. The summed E-state index contributed by atoms with van der Waals surface area (Å²) in [7, 11) is -2.02. The summed E-state index contributed by atoms with van der Waals surface area (Å²) in [6, 6.07) is 9.87. The van der Waals surface area contributed by atoms with Crippen molar-refractivity contribution >= 4 is 16.1 Å². The number of likely N-dealkylation sites (tertiary alicyclic amines) is 1. The number of sulfonamides is 1. The molecule has 2 atom stereocenters. The average Bonchev–Trinajstić information content (AvgIpc) is 3.14. The van der Waals surface area contributed by atoms with Crippen LogP contribution in [0.5, 0.6) is 0 Å². The highest BCUT2D eigenvalue weighted by Crippen LogP contribution is 2.34. The highest BCUT2D eigenvalue weighted by molar-refractivity contribution is 7.89. The van der Waals surface area contributed by atoms with E-state index in [0.29, 0.717) is 25.5 Å². The molecule has 3 rings (SSSR count). The van der Waals surface area contributed by atoms with E-state index in [-0.39, 0.29) is 23.9 Å². The standard InChI is InChI=1S/C21H32N2O5S/c1-3-29(25,26)22-19-13-14-23(21(24)27-2)20(19)15-28-18-11-9-17(10-12-18)16-7-5-4-6-8-16/h4-8,17-20,22H,3,9-15H2,1-2H3/t17?,18?,19-,20-/m0/s1. The van der Waals surface area contributed by atoms with Gasteiger partial charge in [0.25, 0.3) is 0 Å². The van der Waals surface area contributed by atoms with Crippen LogP contribution in [0.15, 0.2) is 30.3 Å². The van der Waals surface area contributed by atoms with Crippen LogP contribution in [0.1, 0.15) is 50.5 Å². The maximum atomic E-state index is 12.1. The molecule has 1 aromatic carbocycles. The molecule has 0 aromatic heterocycles. The summed E-state index contributed by atoms with van der Waals surface area (Å²) in [4.78, 5) is 13.7. The molecule has 162 valence electrons. The van der Waals surface area contributed by atoms with Gasteiger partial charge in [-0.3, -0.25) is 0 Å². The first-order valence-electron chi connectivity index (χ1n) is 10.4. The Morgan fingerprint density at radius 2 is 1.83 bits per heavy atom. The molecule has 29 heavy (non-hydrogen) atoms. The molecule has 1 saturated carbocycles. The summed E-state index contributed by atoms with van der Waals surface area (Å²) in [5.41, 5.74) is 1.38. The molecule has 7 nitrogen and oxygen atoms in total. The SMILES string of the molecule is CCS(=O)(=O)N[C@H]1CCN(C(=O)OC)[C@H]1COC1CCC(c2ccccc2)CC1. The minimum atomic E-state index is -3.36. The molecule has 8 heteroatoms. The highest BCUT2D eigenvalue weighted by atomic mass is 32.2. The predicted molar refractivity (Wildman–Crippen MR) is 111 cm³/mol. The van der Waals surface area contributed by atoms with Crippen LogP contribution in [-0.2, 0) is 19.5 Å². The number of benzene rings is 1. The van der Waals surface area contributed by atoms with E-state index in [1.54, 1.807) is 11.8 Å². The molecular weight excluding hydrogens is 392 g/mol. The van der Waals surface area contributed by atoms with Gasteiger partial charge < -0.3 is 14.4 Å². The summed E-state index contributed by atoms with van der Waals surface area (Å²) in [5, 5.41) is 0. The second-order valence-electron chi connectivity index (χ2n) is 7.86. The van der Waals surface area contributed by atoms with Crippen molar-refractivity contribution in [1.29, 1.82) is 0 Å². The van der Waals surface area contributed by atoms with Gasteiger partial charge in [-0.1, -0.05) is 30.3 Å². The summed E-state index contributed by atoms with van der Waals surface area (Å²) in [6.45, 7) is 2.37. The molecule has 1 aliphatic heterocycles. The maximum Gasteiger partial charge on any atom is 0.409 e. The van der Waals surface area contributed by atoms with Crippen LogP contribution in [0, 0.1) is 0 Å². The third-order valence-electron chi connectivity index (χ3n) is 6.11. The molecule has 1 amide bonds. The molecule has 2 fully saturated rings. The van der Waals surface area contributed by atoms with Crippen molar-refractivity contribution < 1.29 is 22.7 Å². The molecule has 0 spiro atoms. The zero-order valence-electron chi connectivity index (χ0n) is 17.2. The second-order valence-corrected chi connectivity index (χ2v) is 9.91. The van der Waals surface area contributed by atoms with Crippen molar-refractivity contribution in [3.63, 3.8) is 0 Å². The molecule has 0 radical (unpaired) electrons. The van der Waals surface area contributed by atoms with Gasteiger partial charge in [-0.2, -0.15) is 0 Å². The smallest absolute Gasteiger partial charge is 0.409 e. The first-order valence-corrected chi connectivity index (χ1v) is 12.1. The minimum Gasteiger partial charge on any atom is -0.453 e. The fourth-order valence-corrected chi connectivity index (χ4v) is 5.28. The summed E-state index contributed by atoms with van der Waals surface area (Å²) in [5.74, 6) is 0.580. The number of nitrogens with zero attached hydrogens (tertiary/aromatic N) is 1. The van der Waals surface area contributed by atoms with Gasteiger partial charge in [0.2, 0.25) is 10.0 Å². The molecule has 1 heterocycles. The normalized spacial score (nSPS) is 27.7. The number of nitrogens with one attached hydrogen (secondary N) is 1. The summed E-state index contributed by atoms with van der Waals surface area (Å²) in [6.07, 6.45) is 4.34. The van der Waals surface area contributed by atoms with E-state index < -0.39 is 16.1 Å². The molecule has 1 aliphatic carbocycles. The number of carbonyl (C=O) groups is 1. The van der Waals surface area contributed by atoms with Gasteiger partial charge in [-0.05, 0) is 50.5 Å². The first kappa shape index (κ1) is 22.1. The Balaban J connectivity index is 1.56. The Morgan fingerprint density at radius 3 is 2.45 bits per heavy atom. The van der Waals surface area contributed by atoms with E-state index in [1.807, 2.05) is 6.07 Å². The van der Waals surface area contributed by atoms with Crippen molar-refractivity contribution in [3.8, 4) is 0 Å². The lowest BCUT2D eigenvalue weighted by molar-refractivity contribution is -0.00535. The topological polar surface area (TPSA) is 84.9 Å². The Bertz CT molecular complexity index is 763.